The molecule has 2 unspecified atom stereocenters. The minimum atomic E-state index is -0.492. The van der Waals surface area contributed by atoms with E-state index in [1.54, 1.807) is 0 Å². The maximum absolute atomic E-state index is 13.8. The van der Waals surface area contributed by atoms with Crippen molar-refractivity contribution in [1.29, 1.82) is 0 Å². The second-order valence-corrected chi connectivity index (χ2v) is 5.85. The van der Waals surface area contributed by atoms with Crippen LogP contribution in [0.25, 0.3) is 0 Å². The van der Waals surface area contributed by atoms with Gasteiger partial charge in [-0.15, -0.1) is 0 Å². The number of Topliss-reactive ketones (excluding diaryl/α,β-unsaturated/α-hetero) is 1. The molecule has 1 aromatic carbocycles. The molecule has 1 saturated carbocycles. The number of benzene rings is 1. The van der Waals surface area contributed by atoms with Crippen LogP contribution in [0.4, 0.5) is 8.78 Å². The van der Waals surface area contributed by atoms with Crippen LogP contribution in [0.2, 0.25) is 0 Å². The minimum absolute atomic E-state index is 0.0762. The fourth-order valence-corrected chi connectivity index (χ4v) is 3.64. The maximum atomic E-state index is 13.8. The number of ketones is 1. The first kappa shape index (κ1) is 13.7. The van der Waals surface area contributed by atoms with E-state index in [0.717, 1.165) is 32.2 Å². The Bertz CT molecular complexity index is 497. The monoisotopic (exact) mass is 279 g/mol. The second-order valence-electron chi connectivity index (χ2n) is 5.85. The van der Waals surface area contributed by atoms with Gasteiger partial charge in [0.2, 0.25) is 0 Å². The van der Waals surface area contributed by atoms with E-state index in [9.17, 15) is 13.6 Å². The number of likely N-dealkylation sites (tertiary alicyclic amines) is 1. The third-order valence-corrected chi connectivity index (χ3v) is 4.65. The first-order valence-corrected chi connectivity index (χ1v) is 7.36. The first-order valence-electron chi connectivity index (χ1n) is 7.36. The standard InChI is InChI=1S/C16H19F2NO/c17-13-5-2-6-14(18)12(13)10-19-9-3-7-15(19)11-4-1-8-16(11)20/h2,5-6,11,15H,1,3-4,7-10H2. The van der Waals surface area contributed by atoms with E-state index >= 15 is 0 Å². The van der Waals surface area contributed by atoms with Crippen LogP contribution < -0.4 is 0 Å². The molecule has 1 saturated heterocycles. The summed E-state index contributed by atoms with van der Waals surface area (Å²) in [6.07, 6.45) is 4.53. The van der Waals surface area contributed by atoms with Crippen molar-refractivity contribution < 1.29 is 13.6 Å². The van der Waals surface area contributed by atoms with Crippen molar-refractivity contribution in [1.82, 2.24) is 4.90 Å². The van der Waals surface area contributed by atoms with E-state index in [0.29, 0.717) is 12.2 Å². The van der Waals surface area contributed by atoms with Crippen LogP contribution in [-0.2, 0) is 11.3 Å². The van der Waals surface area contributed by atoms with Gasteiger partial charge in [-0.25, -0.2) is 8.78 Å². The highest BCUT2D eigenvalue weighted by Crippen LogP contribution is 2.34. The lowest BCUT2D eigenvalue weighted by atomic mass is 9.95. The molecule has 0 spiro atoms. The summed E-state index contributed by atoms with van der Waals surface area (Å²) >= 11 is 0. The molecule has 0 radical (unpaired) electrons. The van der Waals surface area contributed by atoms with Crippen molar-refractivity contribution in [3.8, 4) is 0 Å². The van der Waals surface area contributed by atoms with Gasteiger partial charge in [0.15, 0.2) is 0 Å². The zero-order valence-electron chi connectivity index (χ0n) is 11.4. The molecule has 1 aromatic rings. The topological polar surface area (TPSA) is 20.3 Å². The largest absolute Gasteiger partial charge is 0.299 e. The van der Waals surface area contributed by atoms with Gasteiger partial charge in [0, 0.05) is 30.5 Å². The summed E-state index contributed by atoms with van der Waals surface area (Å²) in [5.41, 5.74) is 0.129. The van der Waals surface area contributed by atoms with Crippen LogP contribution in [-0.4, -0.2) is 23.3 Å². The van der Waals surface area contributed by atoms with Crippen LogP contribution in [0.3, 0.4) is 0 Å². The molecule has 2 atom stereocenters. The Balaban J connectivity index is 1.77. The Morgan fingerprint density at radius 2 is 1.90 bits per heavy atom. The van der Waals surface area contributed by atoms with E-state index in [4.69, 9.17) is 0 Å². The van der Waals surface area contributed by atoms with Crippen LogP contribution in [0.15, 0.2) is 18.2 Å². The zero-order chi connectivity index (χ0) is 14.1. The molecule has 1 aliphatic heterocycles. The van der Waals surface area contributed by atoms with Crippen molar-refractivity contribution in [2.45, 2.75) is 44.7 Å². The Morgan fingerprint density at radius 1 is 1.15 bits per heavy atom. The molecule has 108 valence electrons. The van der Waals surface area contributed by atoms with Gasteiger partial charge >= 0.3 is 0 Å². The number of nitrogens with zero attached hydrogens (tertiary/aromatic N) is 1. The molecule has 1 heterocycles. The van der Waals surface area contributed by atoms with E-state index < -0.39 is 11.6 Å². The van der Waals surface area contributed by atoms with E-state index in [1.807, 2.05) is 0 Å². The third kappa shape index (κ3) is 2.49. The Labute approximate surface area is 117 Å². The summed E-state index contributed by atoms with van der Waals surface area (Å²) in [5, 5.41) is 0. The summed E-state index contributed by atoms with van der Waals surface area (Å²) in [6, 6.07) is 4.15. The van der Waals surface area contributed by atoms with Gasteiger partial charge in [-0.1, -0.05) is 6.07 Å². The highest BCUT2D eigenvalue weighted by Gasteiger charge is 2.38. The predicted molar refractivity (Wildman–Crippen MR) is 72.1 cm³/mol. The Morgan fingerprint density at radius 3 is 2.55 bits per heavy atom. The van der Waals surface area contributed by atoms with Gasteiger partial charge in [0.05, 0.1) is 0 Å². The van der Waals surface area contributed by atoms with Crippen LogP contribution in [0.1, 0.15) is 37.7 Å². The normalized spacial score (nSPS) is 27.4. The van der Waals surface area contributed by atoms with Crippen molar-refractivity contribution in [2.24, 2.45) is 5.92 Å². The first-order chi connectivity index (χ1) is 9.66. The number of carbonyl (C=O) groups is 1. The summed E-state index contributed by atoms with van der Waals surface area (Å²) in [6.45, 7) is 1.09. The molecule has 0 N–H and O–H groups in total. The van der Waals surface area contributed by atoms with Gasteiger partial charge in [-0.2, -0.15) is 0 Å². The number of carbonyl (C=O) groups excluding carboxylic acids is 1. The maximum Gasteiger partial charge on any atom is 0.137 e. The lowest BCUT2D eigenvalue weighted by Crippen LogP contribution is -2.37. The molecule has 20 heavy (non-hydrogen) atoms. The van der Waals surface area contributed by atoms with Gasteiger partial charge < -0.3 is 0 Å². The van der Waals surface area contributed by atoms with Crippen molar-refractivity contribution in [2.75, 3.05) is 6.54 Å². The number of rotatable bonds is 3. The summed E-state index contributed by atoms with van der Waals surface area (Å²) in [7, 11) is 0. The predicted octanol–water partition coefficient (Wildman–Crippen LogP) is 3.30. The second kappa shape index (κ2) is 5.60. The lowest BCUT2D eigenvalue weighted by Gasteiger charge is -2.28. The molecule has 0 bridgehead atoms. The summed E-state index contributed by atoms with van der Waals surface area (Å²) in [4.78, 5) is 14.0. The highest BCUT2D eigenvalue weighted by molar-refractivity contribution is 5.83. The molecular formula is C16H19F2NO. The molecule has 2 nitrogen and oxygen atoms in total. The van der Waals surface area contributed by atoms with Crippen molar-refractivity contribution in [3.63, 3.8) is 0 Å². The third-order valence-electron chi connectivity index (χ3n) is 4.65. The fourth-order valence-electron chi connectivity index (χ4n) is 3.64. The van der Waals surface area contributed by atoms with Gasteiger partial charge in [-0.05, 0) is 44.4 Å². The SMILES string of the molecule is O=C1CCCC1C1CCCN1Cc1c(F)cccc1F. The minimum Gasteiger partial charge on any atom is -0.299 e. The fraction of sp³-hybridized carbons (Fsp3) is 0.562. The number of halogens is 2. The van der Waals surface area contributed by atoms with E-state index in [2.05, 4.69) is 4.90 Å². The van der Waals surface area contributed by atoms with Gasteiger partial charge in [-0.3, -0.25) is 9.69 Å². The molecule has 1 aliphatic carbocycles. The smallest absolute Gasteiger partial charge is 0.137 e. The molecule has 3 rings (SSSR count). The average molecular weight is 279 g/mol. The summed E-state index contributed by atoms with van der Waals surface area (Å²) < 4.78 is 27.5. The van der Waals surface area contributed by atoms with Gasteiger partial charge in [0.25, 0.3) is 0 Å². The zero-order valence-corrected chi connectivity index (χ0v) is 11.4. The van der Waals surface area contributed by atoms with Crippen molar-refractivity contribution >= 4 is 5.78 Å². The Kier molecular flexibility index (Phi) is 3.83. The van der Waals surface area contributed by atoms with Crippen LogP contribution >= 0.6 is 0 Å². The molecule has 2 fully saturated rings. The van der Waals surface area contributed by atoms with Gasteiger partial charge in [0.1, 0.15) is 17.4 Å². The average Bonchev–Trinajstić information content (AvgIpc) is 3.02. The lowest BCUT2D eigenvalue weighted by molar-refractivity contribution is -0.122. The quantitative estimate of drug-likeness (QED) is 0.846. The Hall–Kier alpha value is -1.29. The van der Waals surface area contributed by atoms with Crippen molar-refractivity contribution in [3.05, 3.63) is 35.4 Å². The number of hydrogen-bond donors (Lipinski definition) is 0. The van der Waals surface area contributed by atoms with E-state index in [-0.39, 0.29) is 24.1 Å². The molecule has 2 aliphatic rings. The van der Waals surface area contributed by atoms with E-state index in [1.165, 1.54) is 18.2 Å². The summed E-state index contributed by atoms with van der Waals surface area (Å²) in [5.74, 6) is -0.579. The highest BCUT2D eigenvalue weighted by atomic mass is 19.1. The number of hydrogen-bond acceptors (Lipinski definition) is 2. The van der Waals surface area contributed by atoms with Crippen LogP contribution in [0.5, 0.6) is 0 Å². The molecular weight excluding hydrogens is 260 g/mol. The van der Waals surface area contributed by atoms with Crippen LogP contribution in [0, 0.1) is 17.6 Å². The molecule has 0 amide bonds. The molecule has 4 heteroatoms. The molecule has 0 aromatic heterocycles.